The molecule has 0 unspecified atom stereocenters. The molecule has 0 aliphatic carbocycles. The van der Waals surface area contributed by atoms with Crippen molar-refractivity contribution in [1.29, 1.82) is 0 Å². The molecule has 0 aromatic heterocycles. The maximum absolute atomic E-state index is 5.64. The predicted octanol–water partition coefficient (Wildman–Crippen LogP) is 2.34. The van der Waals surface area contributed by atoms with Gasteiger partial charge in [0.2, 0.25) is 0 Å². The number of nitrogens with zero attached hydrogens (tertiary/aromatic N) is 1. The van der Waals surface area contributed by atoms with Crippen molar-refractivity contribution in [2.45, 2.75) is 6.42 Å². The molecule has 1 aliphatic rings. The predicted molar refractivity (Wildman–Crippen MR) is 59.8 cm³/mol. The molecule has 1 aromatic rings. The SMILES string of the molecule is NC1=NC=CC(=Cc2ccccc2)C1. The largest absolute Gasteiger partial charge is 0.387 e. The second kappa shape index (κ2) is 3.92. The molecule has 2 rings (SSSR count). The van der Waals surface area contributed by atoms with E-state index in [1.54, 1.807) is 6.20 Å². The van der Waals surface area contributed by atoms with Crippen molar-refractivity contribution >= 4 is 11.9 Å². The lowest BCUT2D eigenvalue weighted by atomic mass is 10.1. The molecule has 0 saturated carbocycles. The van der Waals surface area contributed by atoms with E-state index in [1.165, 1.54) is 11.1 Å². The summed E-state index contributed by atoms with van der Waals surface area (Å²) < 4.78 is 0. The van der Waals surface area contributed by atoms with Crippen LogP contribution in [0.1, 0.15) is 12.0 Å². The molecular weight excluding hydrogens is 172 g/mol. The lowest BCUT2D eigenvalue weighted by molar-refractivity contribution is 1.25. The maximum Gasteiger partial charge on any atom is 0.103 e. The summed E-state index contributed by atoms with van der Waals surface area (Å²) in [6.07, 6.45) is 6.60. The zero-order chi connectivity index (χ0) is 9.80. The second-order valence-electron chi connectivity index (χ2n) is 3.24. The van der Waals surface area contributed by atoms with Crippen LogP contribution < -0.4 is 5.73 Å². The molecule has 0 bridgehead atoms. The van der Waals surface area contributed by atoms with Gasteiger partial charge in [0.25, 0.3) is 0 Å². The van der Waals surface area contributed by atoms with Crippen molar-refractivity contribution in [3.05, 3.63) is 53.7 Å². The minimum atomic E-state index is 0.676. The topological polar surface area (TPSA) is 38.4 Å². The molecule has 2 nitrogen and oxygen atoms in total. The number of rotatable bonds is 1. The van der Waals surface area contributed by atoms with Crippen LogP contribution in [-0.4, -0.2) is 5.84 Å². The quantitative estimate of drug-likeness (QED) is 0.714. The fraction of sp³-hybridized carbons (Fsp3) is 0.0833. The Kier molecular flexibility index (Phi) is 2.45. The normalized spacial score (nSPS) is 18.3. The number of aliphatic imine (C=N–C) groups is 1. The molecule has 0 amide bonds. The third kappa shape index (κ3) is 2.10. The molecule has 0 saturated heterocycles. The van der Waals surface area contributed by atoms with Crippen molar-refractivity contribution in [2.24, 2.45) is 10.7 Å². The maximum atomic E-state index is 5.64. The highest BCUT2D eigenvalue weighted by Gasteiger charge is 2.01. The average Bonchev–Trinajstić information content (AvgIpc) is 2.19. The minimum Gasteiger partial charge on any atom is -0.387 e. The van der Waals surface area contributed by atoms with Crippen molar-refractivity contribution in [2.75, 3.05) is 0 Å². The first-order valence-electron chi connectivity index (χ1n) is 4.59. The lowest BCUT2D eigenvalue weighted by Gasteiger charge is -2.05. The van der Waals surface area contributed by atoms with Crippen LogP contribution in [0.4, 0.5) is 0 Å². The van der Waals surface area contributed by atoms with Gasteiger partial charge in [0.1, 0.15) is 5.84 Å². The van der Waals surface area contributed by atoms with Gasteiger partial charge in [-0.2, -0.15) is 0 Å². The molecule has 1 aliphatic heterocycles. The van der Waals surface area contributed by atoms with Gasteiger partial charge < -0.3 is 5.73 Å². The van der Waals surface area contributed by atoms with Crippen LogP contribution in [0.3, 0.4) is 0 Å². The standard InChI is InChI=1S/C12H12N2/c13-12-9-11(6-7-14-12)8-10-4-2-1-3-5-10/h1-8H,9H2,(H2,13,14). The Morgan fingerprint density at radius 3 is 2.71 bits per heavy atom. The molecule has 1 aromatic carbocycles. The Balaban J connectivity index is 2.21. The number of allylic oxidation sites excluding steroid dienone is 1. The van der Waals surface area contributed by atoms with Gasteiger partial charge in [-0.3, -0.25) is 0 Å². The average molecular weight is 184 g/mol. The van der Waals surface area contributed by atoms with Gasteiger partial charge in [-0.25, -0.2) is 4.99 Å². The Labute approximate surface area is 83.5 Å². The number of hydrogen-bond acceptors (Lipinski definition) is 2. The first-order chi connectivity index (χ1) is 6.84. The van der Waals surface area contributed by atoms with Crippen molar-refractivity contribution in [3.63, 3.8) is 0 Å². The highest BCUT2D eigenvalue weighted by molar-refractivity contribution is 5.86. The number of nitrogens with two attached hydrogens (primary N) is 1. The molecule has 0 atom stereocenters. The summed E-state index contributed by atoms with van der Waals surface area (Å²) in [5.41, 5.74) is 8.03. The van der Waals surface area contributed by atoms with E-state index in [9.17, 15) is 0 Å². The minimum absolute atomic E-state index is 0.676. The van der Waals surface area contributed by atoms with Gasteiger partial charge >= 0.3 is 0 Å². The van der Waals surface area contributed by atoms with Crippen LogP contribution in [0.2, 0.25) is 0 Å². The number of hydrogen-bond donors (Lipinski definition) is 1. The smallest absolute Gasteiger partial charge is 0.103 e. The van der Waals surface area contributed by atoms with E-state index in [1.807, 2.05) is 24.3 Å². The van der Waals surface area contributed by atoms with Crippen LogP contribution in [-0.2, 0) is 0 Å². The number of amidine groups is 1. The Morgan fingerprint density at radius 1 is 1.21 bits per heavy atom. The molecule has 14 heavy (non-hydrogen) atoms. The van der Waals surface area contributed by atoms with E-state index in [4.69, 9.17) is 5.73 Å². The van der Waals surface area contributed by atoms with Gasteiger partial charge in [0, 0.05) is 12.6 Å². The van der Waals surface area contributed by atoms with E-state index >= 15 is 0 Å². The molecule has 2 heteroatoms. The fourth-order valence-electron chi connectivity index (χ4n) is 1.40. The molecular formula is C12H12N2. The van der Waals surface area contributed by atoms with Gasteiger partial charge in [0.05, 0.1) is 0 Å². The molecule has 0 fully saturated rings. The van der Waals surface area contributed by atoms with Crippen LogP contribution in [0.15, 0.2) is 53.2 Å². The Bertz CT molecular complexity index is 400. The van der Waals surface area contributed by atoms with Gasteiger partial charge in [-0.05, 0) is 17.2 Å². The van der Waals surface area contributed by atoms with Crippen LogP contribution in [0.25, 0.3) is 6.08 Å². The summed E-state index contributed by atoms with van der Waals surface area (Å²) in [6, 6.07) is 10.2. The summed E-state index contributed by atoms with van der Waals surface area (Å²) in [4.78, 5) is 3.99. The van der Waals surface area contributed by atoms with Gasteiger partial charge in [-0.15, -0.1) is 0 Å². The van der Waals surface area contributed by atoms with Crippen molar-refractivity contribution in [1.82, 2.24) is 0 Å². The van der Waals surface area contributed by atoms with E-state index in [-0.39, 0.29) is 0 Å². The zero-order valence-electron chi connectivity index (χ0n) is 7.85. The second-order valence-corrected chi connectivity index (χ2v) is 3.24. The fourth-order valence-corrected chi connectivity index (χ4v) is 1.40. The highest BCUT2D eigenvalue weighted by Crippen LogP contribution is 2.13. The first-order valence-corrected chi connectivity index (χ1v) is 4.59. The van der Waals surface area contributed by atoms with E-state index in [0.717, 1.165) is 6.42 Å². The first kappa shape index (κ1) is 8.75. The Morgan fingerprint density at radius 2 is 2.00 bits per heavy atom. The van der Waals surface area contributed by atoms with Gasteiger partial charge in [-0.1, -0.05) is 36.4 Å². The molecule has 1 heterocycles. The summed E-state index contributed by atoms with van der Waals surface area (Å²) in [5.74, 6) is 0.676. The Hall–Kier alpha value is -1.83. The van der Waals surface area contributed by atoms with Crippen molar-refractivity contribution < 1.29 is 0 Å². The summed E-state index contributed by atoms with van der Waals surface area (Å²) >= 11 is 0. The van der Waals surface area contributed by atoms with E-state index < -0.39 is 0 Å². The molecule has 2 N–H and O–H groups in total. The van der Waals surface area contributed by atoms with Crippen LogP contribution in [0, 0.1) is 0 Å². The van der Waals surface area contributed by atoms with Gasteiger partial charge in [0.15, 0.2) is 0 Å². The summed E-state index contributed by atoms with van der Waals surface area (Å²) in [7, 11) is 0. The third-order valence-corrected chi connectivity index (χ3v) is 2.07. The summed E-state index contributed by atoms with van der Waals surface area (Å²) in [6.45, 7) is 0. The monoisotopic (exact) mass is 184 g/mol. The summed E-state index contributed by atoms with van der Waals surface area (Å²) in [5, 5.41) is 0. The van der Waals surface area contributed by atoms with E-state index in [0.29, 0.717) is 5.84 Å². The lowest BCUT2D eigenvalue weighted by Crippen LogP contribution is -2.13. The molecule has 0 spiro atoms. The van der Waals surface area contributed by atoms with Crippen LogP contribution >= 0.6 is 0 Å². The molecule has 0 radical (unpaired) electrons. The van der Waals surface area contributed by atoms with Crippen molar-refractivity contribution in [3.8, 4) is 0 Å². The zero-order valence-corrected chi connectivity index (χ0v) is 7.85. The molecule has 70 valence electrons. The van der Waals surface area contributed by atoms with Crippen LogP contribution in [0.5, 0.6) is 0 Å². The number of benzene rings is 1. The highest BCUT2D eigenvalue weighted by atomic mass is 14.8. The third-order valence-electron chi connectivity index (χ3n) is 2.07. The van der Waals surface area contributed by atoms with E-state index in [2.05, 4.69) is 23.2 Å².